The number of hydrogen-bond donors (Lipinski definition) is 0. The minimum absolute atomic E-state index is 0.111. The summed E-state index contributed by atoms with van der Waals surface area (Å²) in [6, 6.07) is 15.0. The van der Waals surface area contributed by atoms with E-state index in [-0.39, 0.29) is 17.9 Å². The first-order chi connectivity index (χ1) is 17.5. The van der Waals surface area contributed by atoms with E-state index in [1.807, 2.05) is 50.2 Å². The summed E-state index contributed by atoms with van der Waals surface area (Å²) >= 11 is 0. The van der Waals surface area contributed by atoms with Crippen LogP contribution in [0.3, 0.4) is 0 Å². The van der Waals surface area contributed by atoms with Gasteiger partial charge in [-0.3, -0.25) is 9.59 Å². The lowest BCUT2D eigenvalue weighted by Gasteiger charge is -2.10. The van der Waals surface area contributed by atoms with Gasteiger partial charge in [0.1, 0.15) is 11.5 Å². The fourth-order valence-corrected chi connectivity index (χ4v) is 4.11. The van der Waals surface area contributed by atoms with Crippen molar-refractivity contribution < 1.29 is 19.1 Å². The summed E-state index contributed by atoms with van der Waals surface area (Å²) in [6.45, 7) is 6.09. The van der Waals surface area contributed by atoms with Crippen LogP contribution in [0.25, 0.3) is 11.1 Å². The molecule has 0 aliphatic heterocycles. The van der Waals surface area contributed by atoms with E-state index >= 15 is 0 Å². The van der Waals surface area contributed by atoms with Crippen LogP contribution in [0, 0.1) is 5.92 Å². The molecule has 198 valence electrons. The summed E-state index contributed by atoms with van der Waals surface area (Å²) < 4.78 is 10.9. The molecule has 2 aromatic rings. The van der Waals surface area contributed by atoms with Gasteiger partial charge in [0.2, 0.25) is 0 Å². The quantitative estimate of drug-likeness (QED) is 0.118. The van der Waals surface area contributed by atoms with Crippen molar-refractivity contribution in [3.8, 4) is 22.6 Å². The monoisotopic (exact) mass is 494 g/mol. The number of hydrogen-bond acceptors (Lipinski definition) is 4. The molecule has 0 heterocycles. The molecule has 2 aromatic carbocycles. The Hall–Kier alpha value is -2.62. The predicted octanol–water partition coefficient (Wildman–Crippen LogP) is 9.30. The normalized spacial score (nSPS) is 11.8. The average molecular weight is 495 g/mol. The summed E-state index contributed by atoms with van der Waals surface area (Å²) in [4.78, 5) is 24.1. The fraction of sp³-hybridized carbons (Fsp3) is 0.562. The molecule has 0 N–H and O–H groups in total. The van der Waals surface area contributed by atoms with E-state index < -0.39 is 0 Å². The Kier molecular flexibility index (Phi) is 14.6. The van der Waals surface area contributed by atoms with Gasteiger partial charge in [0, 0.05) is 6.42 Å². The third-order valence-electron chi connectivity index (χ3n) is 6.74. The van der Waals surface area contributed by atoms with Crippen molar-refractivity contribution in [1.82, 2.24) is 0 Å². The summed E-state index contributed by atoms with van der Waals surface area (Å²) in [5, 5.41) is 0. The van der Waals surface area contributed by atoms with Crippen molar-refractivity contribution >= 4 is 11.9 Å². The highest BCUT2D eigenvalue weighted by Crippen LogP contribution is 2.25. The van der Waals surface area contributed by atoms with Crippen molar-refractivity contribution in [2.24, 2.45) is 5.92 Å². The predicted molar refractivity (Wildman–Crippen MR) is 148 cm³/mol. The zero-order chi connectivity index (χ0) is 26.0. The van der Waals surface area contributed by atoms with E-state index in [2.05, 4.69) is 6.92 Å². The van der Waals surface area contributed by atoms with Crippen LogP contribution in [-0.4, -0.2) is 11.9 Å². The number of carbonyl (C=O) groups is 2. The van der Waals surface area contributed by atoms with Gasteiger partial charge in [-0.2, -0.15) is 0 Å². The van der Waals surface area contributed by atoms with Crippen molar-refractivity contribution in [2.45, 2.75) is 111 Å². The van der Waals surface area contributed by atoms with Crippen molar-refractivity contribution in [2.75, 3.05) is 0 Å². The van der Waals surface area contributed by atoms with Crippen molar-refractivity contribution in [3.63, 3.8) is 0 Å². The van der Waals surface area contributed by atoms with Gasteiger partial charge in [0.15, 0.2) is 0 Å². The molecule has 0 aliphatic rings. The van der Waals surface area contributed by atoms with Crippen LogP contribution in [0.5, 0.6) is 11.5 Å². The van der Waals surface area contributed by atoms with Gasteiger partial charge in [0.25, 0.3) is 0 Å². The summed E-state index contributed by atoms with van der Waals surface area (Å²) in [7, 11) is 0. The van der Waals surface area contributed by atoms with E-state index in [4.69, 9.17) is 9.47 Å². The molecule has 1 atom stereocenters. The molecule has 4 heteroatoms. The van der Waals surface area contributed by atoms with Crippen LogP contribution in [0.4, 0.5) is 0 Å². The molecular weight excluding hydrogens is 448 g/mol. The number of ether oxygens (including phenoxy) is 2. The second kappa shape index (κ2) is 17.8. The van der Waals surface area contributed by atoms with Crippen LogP contribution in [-0.2, 0) is 9.59 Å². The molecule has 36 heavy (non-hydrogen) atoms. The molecule has 0 aromatic heterocycles. The Labute approximate surface area is 218 Å². The molecule has 0 fully saturated rings. The SMILES string of the molecule is CCCCCCCCCCCCCCC(=O)Oc1ccc(-c2ccc(OC(=O)C(C)CC)cc2)cc1. The van der Waals surface area contributed by atoms with Crippen molar-refractivity contribution in [1.29, 1.82) is 0 Å². The summed E-state index contributed by atoms with van der Waals surface area (Å²) in [5.41, 5.74) is 2.02. The molecule has 0 spiro atoms. The maximum atomic E-state index is 12.2. The maximum Gasteiger partial charge on any atom is 0.314 e. The molecule has 0 saturated heterocycles. The number of benzene rings is 2. The Bertz CT molecular complexity index is 870. The Morgan fingerprint density at radius 1 is 0.611 bits per heavy atom. The minimum atomic E-state index is -0.208. The standard InChI is InChI=1S/C32H46O4/c1-4-6-7-8-9-10-11-12-13-14-15-16-17-31(33)35-29-22-18-27(19-23-29)28-20-24-30(25-21-28)36-32(34)26(3)5-2/h18-26H,4-17H2,1-3H3. The second-order valence-corrected chi connectivity index (χ2v) is 9.89. The molecular formula is C32H46O4. The van der Waals surface area contributed by atoms with Crippen LogP contribution in [0.2, 0.25) is 0 Å². The van der Waals surface area contributed by atoms with Gasteiger partial charge in [-0.1, -0.05) is 116 Å². The Morgan fingerprint density at radius 3 is 1.47 bits per heavy atom. The molecule has 0 amide bonds. The lowest BCUT2D eigenvalue weighted by Crippen LogP contribution is -2.16. The molecule has 1 unspecified atom stereocenters. The fourth-order valence-electron chi connectivity index (χ4n) is 4.11. The first-order valence-electron chi connectivity index (χ1n) is 14.2. The first kappa shape index (κ1) is 29.6. The topological polar surface area (TPSA) is 52.6 Å². The zero-order valence-corrected chi connectivity index (χ0v) is 22.7. The average Bonchev–Trinajstić information content (AvgIpc) is 2.89. The molecule has 0 saturated carbocycles. The Balaban J connectivity index is 1.61. The number of carbonyl (C=O) groups excluding carboxylic acids is 2. The minimum Gasteiger partial charge on any atom is -0.427 e. The van der Waals surface area contributed by atoms with Crippen LogP contribution >= 0.6 is 0 Å². The van der Waals surface area contributed by atoms with Gasteiger partial charge in [-0.05, 0) is 48.2 Å². The Morgan fingerprint density at radius 2 is 1.03 bits per heavy atom. The van der Waals surface area contributed by atoms with Crippen LogP contribution in [0.15, 0.2) is 48.5 Å². The van der Waals surface area contributed by atoms with Crippen LogP contribution in [0.1, 0.15) is 111 Å². The van der Waals surface area contributed by atoms with Gasteiger partial charge in [0.05, 0.1) is 5.92 Å². The van der Waals surface area contributed by atoms with Crippen LogP contribution < -0.4 is 9.47 Å². The number of esters is 2. The van der Waals surface area contributed by atoms with Crippen molar-refractivity contribution in [3.05, 3.63) is 48.5 Å². The number of rotatable bonds is 18. The third-order valence-corrected chi connectivity index (χ3v) is 6.74. The lowest BCUT2D eigenvalue weighted by atomic mass is 10.0. The van der Waals surface area contributed by atoms with E-state index in [1.54, 1.807) is 12.1 Å². The van der Waals surface area contributed by atoms with Gasteiger partial charge in [-0.25, -0.2) is 0 Å². The van der Waals surface area contributed by atoms with Gasteiger partial charge in [-0.15, -0.1) is 0 Å². The maximum absolute atomic E-state index is 12.2. The summed E-state index contributed by atoms with van der Waals surface area (Å²) in [5.74, 6) is 0.635. The highest BCUT2D eigenvalue weighted by Gasteiger charge is 2.13. The van der Waals surface area contributed by atoms with E-state index in [1.165, 1.54) is 64.2 Å². The van der Waals surface area contributed by atoms with Gasteiger partial charge < -0.3 is 9.47 Å². The number of unbranched alkanes of at least 4 members (excludes halogenated alkanes) is 11. The molecule has 0 bridgehead atoms. The van der Waals surface area contributed by atoms with E-state index in [0.717, 1.165) is 30.4 Å². The molecule has 2 rings (SSSR count). The second-order valence-electron chi connectivity index (χ2n) is 9.89. The van der Waals surface area contributed by atoms with E-state index in [0.29, 0.717) is 17.9 Å². The highest BCUT2D eigenvalue weighted by molar-refractivity contribution is 5.75. The first-order valence-corrected chi connectivity index (χ1v) is 14.2. The lowest BCUT2D eigenvalue weighted by molar-refractivity contribution is -0.138. The zero-order valence-electron chi connectivity index (χ0n) is 22.7. The summed E-state index contributed by atoms with van der Waals surface area (Å²) in [6.07, 6.45) is 16.6. The largest absolute Gasteiger partial charge is 0.427 e. The molecule has 4 nitrogen and oxygen atoms in total. The van der Waals surface area contributed by atoms with E-state index in [9.17, 15) is 9.59 Å². The molecule has 0 aliphatic carbocycles. The van der Waals surface area contributed by atoms with Gasteiger partial charge >= 0.3 is 11.9 Å². The molecule has 0 radical (unpaired) electrons. The highest BCUT2D eigenvalue weighted by atomic mass is 16.5. The smallest absolute Gasteiger partial charge is 0.314 e. The third kappa shape index (κ3) is 11.9.